The van der Waals surface area contributed by atoms with Gasteiger partial charge in [0.25, 0.3) is 0 Å². The summed E-state index contributed by atoms with van der Waals surface area (Å²) >= 11 is 1.79. The molecule has 1 aromatic rings. The molecule has 84 valence electrons. The Balaban J connectivity index is 1.83. The van der Waals surface area contributed by atoms with Crippen LogP contribution in [0.25, 0.3) is 0 Å². The highest BCUT2D eigenvalue weighted by Crippen LogP contribution is 2.29. The van der Waals surface area contributed by atoms with Crippen LogP contribution in [-0.4, -0.2) is 6.04 Å². The van der Waals surface area contributed by atoms with E-state index in [9.17, 15) is 0 Å². The Morgan fingerprint density at radius 2 is 2.27 bits per heavy atom. The Labute approximate surface area is 96.9 Å². The second-order valence-electron chi connectivity index (χ2n) is 4.89. The van der Waals surface area contributed by atoms with Gasteiger partial charge in [0.05, 0.1) is 0 Å². The number of hydrogen-bond acceptors (Lipinski definition) is 2. The van der Waals surface area contributed by atoms with Crippen molar-refractivity contribution in [2.45, 2.75) is 45.7 Å². The standard InChI is InChI=1S/C13H21NS/c1-10-4-3-5-13(11(10)2)14-8-12-6-7-15-9-12/h6-7,9-11,13-14H,3-5,8H2,1-2H3/t10-,11-,13-/m1/s1. The monoisotopic (exact) mass is 223 g/mol. The van der Waals surface area contributed by atoms with Crippen molar-refractivity contribution in [2.24, 2.45) is 11.8 Å². The van der Waals surface area contributed by atoms with Crippen LogP contribution in [0.2, 0.25) is 0 Å². The molecule has 0 aliphatic heterocycles. The number of nitrogens with one attached hydrogen (secondary N) is 1. The second kappa shape index (κ2) is 5.13. The minimum absolute atomic E-state index is 0.730. The lowest BCUT2D eigenvalue weighted by molar-refractivity contribution is 0.206. The van der Waals surface area contributed by atoms with Gasteiger partial charge < -0.3 is 5.32 Å². The van der Waals surface area contributed by atoms with E-state index in [1.807, 2.05) is 0 Å². The summed E-state index contributed by atoms with van der Waals surface area (Å²) < 4.78 is 0. The summed E-state index contributed by atoms with van der Waals surface area (Å²) in [6.45, 7) is 5.84. The maximum atomic E-state index is 3.71. The molecule has 0 unspecified atom stereocenters. The molecule has 15 heavy (non-hydrogen) atoms. The van der Waals surface area contributed by atoms with E-state index in [4.69, 9.17) is 0 Å². The lowest BCUT2D eigenvalue weighted by Crippen LogP contribution is -2.40. The molecule has 0 amide bonds. The summed E-state index contributed by atoms with van der Waals surface area (Å²) in [5.41, 5.74) is 1.44. The largest absolute Gasteiger partial charge is 0.310 e. The zero-order valence-electron chi connectivity index (χ0n) is 9.70. The highest BCUT2D eigenvalue weighted by Gasteiger charge is 2.26. The van der Waals surface area contributed by atoms with Crippen LogP contribution in [0.15, 0.2) is 16.8 Å². The van der Waals surface area contributed by atoms with E-state index in [1.165, 1.54) is 24.8 Å². The van der Waals surface area contributed by atoms with Gasteiger partial charge in [0, 0.05) is 12.6 Å². The van der Waals surface area contributed by atoms with Crippen molar-refractivity contribution in [2.75, 3.05) is 0 Å². The van der Waals surface area contributed by atoms with Crippen molar-refractivity contribution < 1.29 is 0 Å². The van der Waals surface area contributed by atoms with Crippen LogP contribution in [0.3, 0.4) is 0 Å². The number of rotatable bonds is 3. The van der Waals surface area contributed by atoms with Crippen molar-refractivity contribution >= 4 is 11.3 Å². The number of hydrogen-bond donors (Lipinski definition) is 1. The smallest absolute Gasteiger partial charge is 0.0216 e. The zero-order chi connectivity index (χ0) is 10.7. The third-order valence-corrected chi connectivity index (χ3v) is 4.59. The van der Waals surface area contributed by atoms with Crippen molar-refractivity contribution in [3.8, 4) is 0 Å². The summed E-state index contributed by atoms with van der Waals surface area (Å²) in [5.74, 6) is 1.72. The predicted octanol–water partition coefficient (Wildman–Crippen LogP) is 3.66. The SMILES string of the molecule is C[C@@H]1[C@H](C)CCC[C@H]1NCc1ccsc1. The van der Waals surface area contributed by atoms with Crippen LogP contribution >= 0.6 is 11.3 Å². The Kier molecular flexibility index (Phi) is 3.81. The summed E-state index contributed by atoms with van der Waals surface area (Å²) in [7, 11) is 0. The van der Waals surface area contributed by atoms with E-state index in [2.05, 4.69) is 36.0 Å². The van der Waals surface area contributed by atoms with Crippen molar-refractivity contribution in [1.82, 2.24) is 5.32 Å². The van der Waals surface area contributed by atoms with Gasteiger partial charge in [-0.15, -0.1) is 0 Å². The van der Waals surface area contributed by atoms with Gasteiger partial charge in [-0.2, -0.15) is 11.3 Å². The molecule has 0 radical (unpaired) electrons. The first kappa shape index (κ1) is 11.2. The molecule has 1 aliphatic carbocycles. The average molecular weight is 223 g/mol. The lowest BCUT2D eigenvalue weighted by atomic mass is 9.78. The molecule has 1 aromatic heterocycles. The molecule has 1 heterocycles. The molecule has 0 saturated heterocycles. The average Bonchev–Trinajstić information content (AvgIpc) is 2.73. The van der Waals surface area contributed by atoms with Crippen molar-refractivity contribution in [1.29, 1.82) is 0 Å². The van der Waals surface area contributed by atoms with Gasteiger partial charge in [0.1, 0.15) is 0 Å². The molecule has 0 aromatic carbocycles. The molecule has 2 rings (SSSR count). The highest BCUT2D eigenvalue weighted by atomic mass is 32.1. The minimum atomic E-state index is 0.730. The Hall–Kier alpha value is -0.340. The fraction of sp³-hybridized carbons (Fsp3) is 0.692. The molecular weight excluding hydrogens is 202 g/mol. The first-order chi connectivity index (χ1) is 7.27. The van der Waals surface area contributed by atoms with Gasteiger partial charge in [0.15, 0.2) is 0 Å². The maximum Gasteiger partial charge on any atom is 0.0216 e. The van der Waals surface area contributed by atoms with Crippen molar-refractivity contribution in [3.05, 3.63) is 22.4 Å². The Morgan fingerprint density at radius 3 is 3.00 bits per heavy atom. The molecule has 0 bridgehead atoms. The van der Waals surface area contributed by atoms with E-state index >= 15 is 0 Å². The van der Waals surface area contributed by atoms with E-state index in [-0.39, 0.29) is 0 Å². The third kappa shape index (κ3) is 2.82. The van der Waals surface area contributed by atoms with Crippen LogP contribution in [-0.2, 0) is 6.54 Å². The fourth-order valence-corrected chi connectivity index (χ4v) is 3.18. The van der Waals surface area contributed by atoms with Crippen LogP contribution in [0.5, 0.6) is 0 Å². The zero-order valence-corrected chi connectivity index (χ0v) is 10.5. The van der Waals surface area contributed by atoms with Gasteiger partial charge >= 0.3 is 0 Å². The minimum Gasteiger partial charge on any atom is -0.310 e. The van der Waals surface area contributed by atoms with E-state index in [0.717, 1.165) is 24.4 Å². The molecular formula is C13H21NS. The topological polar surface area (TPSA) is 12.0 Å². The van der Waals surface area contributed by atoms with Gasteiger partial charge in [-0.3, -0.25) is 0 Å². The van der Waals surface area contributed by atoms with E-state index in [0.29, 0.717) is 0 Å². The molecule has 3 atom stereocenters. The summed E-state index contributed by atoms with van der Waals surface area (Å²) in [5, 5.41) is 8.11. The number of thiophene rings is 1. The molecule has 0 spiro atoms. The van der Waals surface area contributed by atoms with Crippen molar-refractivity contribution in [3.63, 3.8) is 0 Å². The predicted molar refractivity (Wildman–Crippen MR) is 67.1 cm³/mol. The van der Waals surface area contributed by atoms with Crippen LogP contribution < -0.4 is 5.32 Å². The first-order valence-electron chi connectivity index (χ1n) is 6.02. The first-order valence-corrected chi connectivity index (χ1v) is 6.96. The van der Waals surface area contributed by atoms with Crippen LogP contribution in [0, 0.1) is 11.8 Å². The molecule has 1 N–H and O–H groups in total. The quantitative estimate of drug-likeness (QED) is 0.824. The highest BCUT2D eigenvalue weighted by molar-refractivity contribution is 7.07. The summed E-state index contributed by atoms with van der Waals surface area (Å²) in [6, 6.07) is 2.95. The summed E-state index contributed by atoms with van der Waals surface area (Å²) in [6.07, 6.45) is 4.17. The lowest BCUT2D eigenvalue weighted by Gasteiger charge is -2.34. The van der Waals surface area contributed by atoms with Crippen LogP contribution in [0.1, 0.15) is 38.7 Å². The molecule has 2 heteroatoms. The Bertz CT molecular complexity index is 281. The molecule has 1 nitrogen and oxygen atoms in total. The molecule has 1 fully saturated rings. The Morgan fingerprint density at radius 1 is 1.40 bits per heavy atom. The normalized spacial score (nSPS) is 31.7. The van der Waals surface area contributed by atoms with Gasteiger partial charge in [-0.05, 0) is 40.6 Å². The second-order valence-corrected chi connectivity index (χ2v) is 5.67. The molecule has 1 saturated carbocycles. The van der Waals surface area contributed by atoms with Gasteiger partial charge in [0.2, 0.25) is 0 Å². The van der Waals surface area contributed by atoms with E-state index < -0.39 is 0 Å². The van der Waals surface area contributed by atoms with Crippen LogP contribution in [0.4, 0.5) is 0 Å². The maximum absolute atomic E-state index is 3.71. The summed E-state index contributed by atoms with van der Waals surface area (Å²) in [4.78, 5) is 0. The van der Waals surface area contributed by atoms with Gasteiger partial charge in [-0.25, -0.2) is 0 Å². The van der Waals surface area contributed by atoms with Gasteiger partial charge in [-0.1, -0.05) is 26.7 Å². The molecule has 1 aliphatic rings. The third-order valence-electron chi connectivity index (χ3n) is 3.86. The van der Waals surface area contributed by atoms with E-state index in [1.54, 1.807) is 11.3 Å². The fourth-order valence-electron chi connectivity index (χ4n) is 2.51.